The van der Waals surface area contributed by atoms with Crippen LogP contribution in [0.3, 0.4) is 0 Å². The molecule has 0 saturated heterocycles. The van der Waals surface area contributed by atoms with Gasteiger partial charge in [-0.1, -0.05) is 13.8 Å². The van der Waals surface area contributed by atoms with Gasteiger partial charge in [-0.3, -0.25) is 4.98 Å². The van der Waals surface area contributed by atoms with E-state index in [1.165, 1.54) is 0 Å². The van der Waals surface area contributed by atoms with Crippen molar-refractivity contribution in [2.75, 3.05) is 0 Å². The molecule has 86 valence electrons. The zero-order valence-electron chi connectivity index (χ0n) is 9.83. The summed E-state index contributed by atoms with van der Waals surface area (Å²) in [5.74, 6) is 1.44. The summed E-state index contributed by atoms with van der Waals surface area (Å²) in [5, 5.41) is 13.8. The second-order valence-electron chi connectivity index (χ2n) is 4.53. The van der Waals surface area contributed by atoms with Crippen LogP contribution in [0.2, 0.25) is 0 Å². The Morgan fingerprint density at radius 3 is 3.00 bits per heavy atom. The smallest absolute Gasteiger partial charge is 0.187 e. The number of hydrogen-bond donors (Lipinski definition) is 0. The first-order valence-electron chi connectivity index (χ1n) is 5.69. The van der Waals surface area contributed by atoms with Gasteiger partial charge in [0.2, 0.25) is 0 Å². The molecule has 5 heteroatoms. The predicted octanol–water partition coefficient (Wildman–Crippen LogP) is 1.87. The second kappa shape index (κ2) is 3.76. The summed E-state index contributed by atoms with van der Waals surface area (Å²) in [5.41, 5.74) is 1.63. The lowest BCUT2D eigenvalue weighted by molar-refractivity contribution is 0.606. The van der Waals surface area contributed by atoms with Crippen molar-refractivity contribution in [3.05, 3.63) is 30.4 Å². The van der Waals surface area contributed by atoms with E-state index < -0.39 is 0 Å². The van der Waals surface area contributed by atoms with Gasteiger partial charge in [0, 0.05) is 18.0 Å². The Balaban J connectivity index is 2.27. The summed E-state index contributed by atoms with van der Waals surface area (Å²) >= 11 is 0. The van der Waals surface area contributed by atoms with Gasteiger partial charge in [0.25, 0.3) is 0 Å². The third kappa shape index (κ3) is 1.63. The van der Waals surface area contributed by atoms with E-state index in [0.717, 1.165) is 28.8 Å². The van der Waals surface area contributed by atoms with E-state index in [-0.39, 0.29) is 0 Å². The molecule has 0 N–H and O–H groups in total. The highest BCUT2D eigenvalue weighted by Gasteiger charge is 2.11. The average molecular weight is 227 g/mol. The van der Waals surface area contributed by atoms with E-state index in [9.17, 15) is 0 Å². The Bertz CT molecular complexity index is 671. The van der Waals surface area contributed by atoms with Crippen molar-refractivity contribution in [1.29, 1.82) is 0 Å². The zero-order valence-corrected chi connectivity index (χ0v) is 9.83. The largest absolute Gasteiger partial charge is 0.254 e. The van der Waals surface area contributed by atoms with Gasteiger partial charge in [0.05, 0.1) is 11.7 Å². The van der Waals surface area contributed by atoms with Gasteiger partial charge in [0.15, 0.2) is 11.5 Å². The minimum absolute atomic E-state index is 0.536. The SMILES string of the molecule is CC(C)Cc1nnc2c3cccnc3cnn12. The van der Waals surface area contributed by atoms with Crippen LogP contribution >= 0.6 is 0 Å². The molecule has 3 heterocycles. The normalized spacial score (nSPS) is 11.7. The molecule has 0 amide bonds. The molecule has 0 unspecified atom stereocenters. The first-order valence-corrected chi connectivity index (χ1v) is 5.69. The van der Waals surface area contributed by atoms with E-state index in [4.69, 9.17) is 0 Å². The van der Waals surface area contributed by atoms with Crippen LogP contribution in [-0.4, -0.2) is 24.8 Å². The van der Waals surface area contributed by atoms with Crippen molar-refractivity contribution in [2.45, 2.75) is 20.3 Å². The van der Waals surface area contributed by atoms with Crippen molar-refractivity contribution in [1.82, 2.24) is 24.8 Å². The van der Waals surface area contributed by atoms with E-state index in [1.54, 1.807) is 12.4 Å². The Morgan fingerprint density at radius 1 is 1.29 bits per heavy atom. The minimum Gasteiger partial charge on any atom is -0.254 e. The Morgan fingerprint density at radius 2 is 2.18 bits per heavy atom. The van der Waals surface area contributed by atoms with Crippen molar-refractivity contribution < 1.29 is 0 Å². The first kappa shape index (κ1) is 10.1. The van der Waals surface area contributed by atoms with E-state index in [0.29, 0.717) is 5.92 Å². The van der Waals surface area contributed by atoms with E-state index >= 15 is 0 Å². The minimum atomic E-state index is 0.536. The molecule has 0 spiro atoms. The van der Waals surface area contributed by atoms with E-state index in [2.05, 4.69) is 34.1 Å². The molecule has 3 aromatic heterocycles. The molecule has 0 saturated carbocycles. The standard InChI is InChI=1S/C12H13N5/c1-8(2)6-11-15-16-12-9-4-3-5-13-10(9)7-14-17(11)12/h3-5,7-8H,6H2,1-2H3. The summed E-state index contributed by atoms with van der Waals surface area (Å²) < 4.78 is 1.81. The number of fused-ring (bicyclic) bond motifs is 3. The van der Waals surface area contributed by atoms with Crippen LogP contribution < -0.4 is 0 Å². The van der Waals surface area contributed by atoms with Crippen LogP contribution in [0.25, 0.3) is 16.6 Å². The molecule has 0 aliphatic rings. The molecule has 0 aliphatic heterocycles. The molecule has 0 fully saturated rings. The lowest BCUT2D eigenvalue weighted by atomic mass is 10.1. The fourth-order valence-corrected chi connectivity index (χ4v) is 1.92. The Hall–Kier alpha value is -2.04. The lowest BCUT2D eigenvalue weighted by Gasteiger charge is -2.02. The summed E-state index contributed by atoms with van der Waals surface area (Å²) in [6.07, 6.45) is 4.39. The van der Waals surface area contributed by atoms with Gasteiger partial charge in [-0.05, 0) is 18.1 Å². The number of aromatic nitrogens is 5. The highest BCUT2D eigenvalue weighted by Crippen LogP contribution is 2.16. The quantitative estimate of drug-likeness (QED) is 0.670. The fraction of sp³-hybridized carbons (Fsp3) is 0.333. The monoisotopic (exact) mass is 227 g/mol. The number of nitrogens with zero attached hydrogens (tertiary/aromatic N) is 5. The van der Waals surface area contributed by atoms with Crippen LogP contribution in [0.5, 0.6) is 0 Å². The van der Waals surface area contributed by atoms with Gasteiger partial charge < -0.3 is 0 Å². The van der Waals surface area contributed by atoms with E-state index in [1.807, 2.05) is 16.6 Å². The van der Waals surface area contributed by atoms with Gasteiger partial charge >= 0.3 is 0 Å². The van der Waals surface area contributed by atoms with Crippen molar-refractivity contribution in [2.24, 2.45) is 5.92 Å². The zero-order chi connectivity index (χ0) is 11.8. The molecule has 0 atom stereocenters. The Kier molecular flexibility index (Phi) is 2.24. The number of rotatable bonds is 2. The highest BCUT2D eigenvalue weighted by atomic mass is 15.4. The molecule has 3 aromatic rings. The molecule has 17 heavy (non-hydrogen) atoms. The second-order valence-corrected chi connectivity index (χ2v) is 4.53. The third-order valence-corrected chi connectivity index (χ3v) is 2.67. The first-order chi connectivity index (χ1) is 8.25. The van der Waals surface area contributed by atoms with Crippen LogP contribution in [0, 0.1) is 5.92 Å². The molecule has 0 aromatic carbocycles. The summed E-state index contributed by atoms with van der Waals surface area (Å²) in [7, 11) is 0. The summed E-state index contributed by atoms with van der Waals surface area (Å²) in [6, 6.07) is 3.90. The van der Waals surface area contributed by atoms with Crippen molar-refractivity contribution in [3.8, 4) is 0 Å². The number of pyridine rings is 1. The van der Waals surface area contributed by atoms with Crippen LogP contribution in [-0.2, 0) is 6.42 Å². The van der Waals surface area contributed by atoms with Crippen LogP contribution in [0.1, 0.15) is 19.7 Å². The van der Waals surface area contributed by atoms with Crippen LogP contribution in [0.4, 0.5) is 0 Å². The molecular formula is C12H13N5. The van der Waals surface area contributed by atoms with Gasteiger partial charge in [-0.25, -0.2) is 0 Å². The molecule has 0 bridgehead atoms. The maximum absolute atomic E-state index is 4.35. The molecule has 3 rings (SSSR count). The maximum atomic E-state index is 4.35. The van der Waals surface area contributed by atoms with Gasteiger partial charge in [-0.2, -0.15) is 9.61 Å². The highest BCUT2D eigenvalue weighted by molar-refractivity contribution is 5.89. The molecular weight excluding hydrogens is 214 g/mol. The maximum Gasteiger partial charge on any atom is 0.187 e. The fourth-order valence-electron chi connectivity index (χ4n) is 1.92. The summed E-state index contributed by atoms with van der Waals surface area (Å²) in [6.45, 7) is 4.31. The topological polar surface area (TPSA) is 56.0 Å². The average Bonchev–Trinajstić information content (AvgIpc) is 2.72. The number of hydrogen-bond acceptors (Lipinski definition) is 4. The van der Waals surface area contributed by atoms with Gasteiger partial charge in [-0.15, -0.1) is 10.2 Å². The van der Waals surface area contributed by atoms with Crippen molar-refractivity contribution in [3.63, 3.8) is 0 Å². The van der Waals surface area contributed by atoms with Crippen LogP contribution in [0.15, 0.2) is 24.5 Å². The van der Waals surface area contributed by atoms with Gasteiger partial charge in [0.1, 0.15) is 0 Å². The van der Waals surface area contributed by atoms with Crippen molar-refractivity contribution >= 4 is 16.6 Å². The summed E-state index contributed by atoms with van der Waals surface area (Å²) in [4.78, 5) is 4.26. The molecule has 0 aliphatic carbocycles. The third-order valence-electron chi connectivity index (χ3n) is 2.67. The molecule has 0 radical (unpaired) electrons. The molecule has 5 nitrogen and oxygen atoms in total. The lowest BCUT2D eigenvalue weighted by Crippen LogP contribution is -2.03. The predicted molar refractivity (Wildman–Crippen MR) is 64.6 cm³/mol. The Labute approximate surface area is 98.5 Å².